The molecule has 2 N–H and O–H groups in total. The highest BCUT2D eigenvalue weighted by atomic mass is 32.2. The molecule has 0 aliphatic carbocycles. The molecular formula is C15H26N2O3S. The zero-order chi connectivity index (χ0) is 15.9. The molecule has 0 unspecified atom stereocenters. The average molecular weight is 314 g/mol. The van der Waals surface area contributed by atoms with Crippen molar-refractivity contribution in [3.05, 3.63) is 24.3 Å². The second kappa shape index (κ2) is 8.36. The van der Waals surface area contributed by atoms with E-state index in [0.29, 0.717) is 13.0 Å². The van der Waals surface area contributed by atoms with Gasteiger partial charge in [0, 0.05) is 31.4 Å². The number of hydrogen-bond acceptors (Lipinski definition) is 4. The van der Waals surface area contributed by atoms with Crippen LogP contribution in [0.5, 0.6) is 0 Å². The van der Waals surface area contributed by atoms with E-state index in [0.717, 1.165) is 18.7 Å². The van der Waals surface area contributed by atoms with Gasteiger partial charge < -0.3 is 10.4 Å². The Labute approximate surface area is 128 Å². The van der Waals surface area contributed by atoms with Crippen molar-refractivity contribution in [3.63, 3.8) is 0 Å². The lowest BCUT2D eigenvalue weighted by atomic mass is 10.3. The van der Waals surface area contributed by atoms with Crippen molar-refractivity contribution >= 4 is 15.7 Å². The van der Waals surface area contributed by atoms with E-state index in [9.17, 15) is 8.42 Å². The average Bonchev–Trinajstić information content (AvgIpc) is 2.45. The van der Waals surface area contributed by atoms with Crippen LogP contribution in [-0.2, 0) is 10.0 Å². The number of hydrogen-bond donors (Lipinski definition) is 2. The first kappa shape index (κ1) is 17.9. The summed E-state index contributed by atoms with van der Waals surface area (Å²) in [6.07, 6.45) is 1.45. The predicted molar refractivity (Wildman–Crippen MR) is 86.0 cm³/mol. The smallest absolute Gasteiger partial charge is 0.243 e. The molecule has 21 heavy (non-hydrogen) atoms. The number of anilines is 1. The number of sulfonamides is 1. The van der Waals surface area contributed by atoms with Crippen molar-refractivity contribution in [2.75, 3.05) is 25.0 Å². The number of aliphatic hydroxyl groups excluding tert-OH is 1. The fourth-order valence-electron chi connectivity index (χ4n) is 2.03. The van der Waals surface area contributed by atoms with Crippen molar-refractivity contribution in [1.82, 2.24) is 4.31 Å². The molecule has 0 saturated heterocycles. The van der Waals surface area contributed by atoms with Gasteiger partial charge in [-0.15, -0.1) is 0 Å². The summed E-state index contributed by atoms with van der Waals surface area (Å²) in [6.45, 7) is 6.93. The van der Waals surface area contributed by atoms with Gasteiger partial charge in [0.2, 0.25) is 10.0 Å². The molecule has 0 amide bonds. The minimum atomic E-state index is -3.52. The van der Waals surface area contributed by atoms with Crippen molar-refractivity contribution in [1.29, 1.82) is 0 Å². The first-order valence-electron chi connectivity index (χ1n) is 7.40. The Morgan fingerprint density at radius 2 is 1.86 bits per heavy atom. The lowest BCUT2D eigenvalue weighted by molar-refractivity contribution is 0.258. The van der Waals surface area contributed by atoms with Gasteiger partial charge in [0.1, 0.15) is 0 Å². The summed E-state index contributed by atoms with van der Waals surface area (Å²) in [5, 5.41) is 12.1. The minimum absolute atomic E-state index is 0.0153. The van der Waals surface area contributed by atoms with E-state index in [1.807, 2.05) is 13.8 Å². The molecule has 1 aromatic carbocycles. The summed E-state index contributed by atoms with van der Waals surface area (Å²) in [4.78, 5) is 0.288. The van der Waals surface area contributed by atoms with Crippen LogP contribution in [0.15, 0.2) is 29.2 Å². The topological polar surface area (TPSA) is 69.6 Å². The van der Waals surface area contributed by atoms with E-state index in [1.54, 1.807) is 24.3 Å². The standard InChI is InChI=1S/C15H26N2O3S/c1-4-10-16-14-6-8-15(9-7-14)21(19,20)17(13(2)3)11-5-12-18/h6-9,13,16,18H,4-5,10-12H2,1-3H3. The Bertz CT molecular complexity index is 512. The number of nitrogens with one attached hydrogen (secondary N) is 1. The lowest BCUT2D eigenvalue weighted by Crippen LogP contribution is -2.38. The monoisotopic (exact) mass is 314 g/mol. The summed E-state index contributed by atoms with van der Waals surface area (Å²) in [7, 11) is -3.52. The van der Waals surface area contributed by atoms with E-state index in [2.05, 4.69) is 12.2 Å². The first-order chi connectivity index (χ1) is 9.93. The molecule has 0 saturated carbocycles. The summed E-state index contributed by atoms with van der Waals surface area (Å²) < 4.78 is 26.7. The maximum atomic E-state index is 12.6. The lowest BCUT2D eigenvalue weighted by Gasteiger charge is -2.25. The number of aliphatic hydroxyl groups is 1. The molecule has 5 nitrogen and oxygen atoms in total. The Hall–Kier alpha value is -1.11. The van der Waals surface area contributed by atoms with Crippen LogP contribution in [0.25, 0.3) is 0 Å². The van der Waals surface area contributed by atoms with Crippen molar-refractivity contribution < 1.29 is 13.5 Å². The maximum absolute atomic E-state index is 12.6. The van der Waals surface area contributed by atoms with Gasteiger partial charge in [-0.2, -0.15) is 4.31 Å². The normalized spacial score (nSPS) is 12.1. The number of benzene rings is 1. The van der Waals surface area contributed by atoms with Crippen LogP contribution in [0.3, 0.4) is 0 Å². The Balaban J connectivity index is 2.94. The van der Waals surface area contributed by atoms with Gasteiger partial charge in [-0.3, -0.25) is 0 Å². The zero-order valence-corrected chi connectivity index (χ0v) is 13.9. The second-order valence-corrected chi connectivity index (χ2v) is 7.13. The molecule has 6 heteroatoms. The summed E-state index contributed by atoms with van der Waals surface area (Å²) in [5.74, 6) is 0. The second-order valence-electron chi connectivity index (χ2n) is 5.24. The highest BCUT2D eigenvalue weighted by molar-refractivity contribution is 7.89. The predicted octanol–water partition coefficient (Wildman–Crippen LogP) is 2.29. The van der Waals surface area contributed by atoms with E-state index in [1.165, 1.54) is 4.31 Å². The van der Waals surface area contributed by atoms with Crippen LogP contribution in [0.2, 0.25) is 0 Å². The molecule has 0 aromatic heterocycles. The number of nitrogens with zero attached hydrogens (tertiary/aromatic N) is 1. The van der Waals surface area contributed by atoms with Crippen molar-refractivity contribution in [2.24, 2.45) is 0 Å². The highest BCUT2D eigenvalue weighted by Gasteiger charge is 2.26. The molecule has 0 atom stereocenters. The molecule has 1 rings (SSSR count). The molecule has 1 aromatic rings. The van der Waals surface area contributed by atoms with Gasteiger partial charge in [0.05, 0.1) is 4.90 Å². The molecule has 0 spiro atoms. The summed E-state index contributed by atoms with van der Waals surface area (Å²) >= 11 is 0. The SMILES string of the molecule is CCCNc1ccc(S(=O)(=O)N(CCCO)C(C)C)cc1. The van der Waals surface area contributed by atoms with Crippen LogP contribution < -0.4 is 5.32 Å². The van der Waals surface area contributed by atoms with Crippen LogP contribution in [0, 0.1) is 0 Å². The summed E-state index contributed by atoms with van der Waals surface area (Å²) in [5.41, 5.74) is 0.919. The van der Waals surface area contributed by atoms with Gasteiger partial charge in [-0.25, -0.2) is 8.42 Å². The first-order valence-corrected chi connectivity index (χ1v) is 8.84. The van der Waals surface area contributed by atoms with Crippen LogP contribution in [-0.4, -0.2) is 43.6 Å². The van der Waals surface area contributed by atoms with Crippen molar-refractivity contribution in [2.45, 2.75) is 44.6 Å². The maximum Gasteiger partial charge on any atom is 0.243 e. The van der Waals surface area contributed by atoms with Gasteiger partial charge in [0.25, 0.3) is 0 Å². The molecule has 120 valence electrons. The molecule has 0 radical (unpaired) electrons. The Morgan fingerprint density at radius 1 is 1.24 bits per heavy atom. The summed E-state index contributed by atoms with van der Waals surface area (Å²) in [6, 6.07) is 6.68. The Kier molecular flexibility index (Phi) is 7.14. The largest absolute Gasteiger partial charge is 0.396 e. The quantitative estimate of drug-likeness (QED) is 0.734. The molecule has 0 aliphatic rings. The number of rotatable bonds is 9. The van der Waals surface area contributed by atoms with E-state index in [4.69, 9.17) is 5.11 Å². The third kappa shape index (κ3) is 4.98. The minimum Gasteiger partial charge on any atom is -0.396 e. The third-order valence-corrected chi connectivity index (χ3v) is 5.24. The van der Waals surface area contributed by atoms with Gasteiger partial charge in [-0.1, -0.05) is 6.92 Å². The van der Waals surface area contributed by atoms with Crippen molar-refractivity contribution in [3.8, 4) is 0 Å². The van der Waals surface area contributed by atoms with Crippen LogP contribution >= 0.6 is 0 Å². The van der Waals surface area contributed by atoms with E-state index in [-0.39, 0.29) is 17.5 Å². The van der Waals surface area contributed by atoms with Gasteiger partial charge in [-0.05, 0) is 51.0 Å². The molecular weight excluding hydrogens is 288 g/mol. The van der Waals surface area contributed by atoms with E-state index < -0.39 is 10.0 Å². The molecule has 0 aliphatic heterocycles. The molecule has 0 fully saturated rings. The van der Waals surface area contributed by atoms with Crippen LogP contribution in [0.4, 0.5) is 5.69 Å². The fourth-order valence-corrected chi connectivity index (χ4v) is 3.71. The third-order valence-electron chi connectivity index (χ3n) is 3.15. The van der Waals surface area contributed by atoms with Gasteiger partial charge in [0.15, 0.2) is 0 Å². The van der Waals surface area contributed by atoms with Gasteiger partial charge >= 0.3 is 0 Å². The Morgan fingerprint density at radius 3 is 2.33 bits per heavy atom. The van der Waals surface area contributed by atoms with E-state index >= 15 is 0 Å². The highest BCUT2D eigenvalue weighted by Crippen LogP contribution is 2.20. The fraction of sp³-hybridized carbons (Fsp3) is 0.600. The molecule has 0 bridgehead atoms. The molecule has 0 heterocycles. The van der Waals surface area contributed by atoms with Crippen LogP contribution in [0.1, 0.15) is 33.6 Å². The zero-order valence-electron chi connectivity index (χ0n) is 13.0.